The molecule has 0 aliphatic heterocycles. The summed E-state index contributed by atoms with van der Waals surface area (Å²) < 4.78 is 15.3. The molecule has 1 heterocycles. The van der Waals surface area contributed by atoms with Crippen LogP contribution in [0.5, 0.6) is 0 Å². The van der Waals surface area contributed by atoms with E-state index in [-0.39, 0.29) is 11.2 Å². The molecule has 1 fully saturated rings. The molecule has 2 atom stereocenters. The molecule has 158 valence electrons. The second-order valence-corrected chi connectivity index (χ2v) is 10.3. The monoisotopic (exact) mass is 430 g/mol. The first-order valence-corrected chi connectivity index (χ1v) is 11.7. The number of nitrogens with zero attached hydrogens (tertiary/aromatic N) is 2. The molecule has 0 radical (unpaired) electrons. The summed E-state index contributed by atoms with van der Waals surface area (Å²) in [6.45, 7) is 8.99. The quantitative estimate of drug-likeness (QED) is 0.393. The Balaban J connectivity index is 1.37. The first-order chi connectivity index (χ1) is 14.9. The van der Waals surface area contributed by atoms with Gasteiger partial charge in [0.05, 0.1) is 17.6 Å². The van der Waals surface area contributed by atoms with Gasteiger partial charge in [0, 0.05) is 4.90 Å². The van der Waals surface area contributed by atoms with Crippen LogP contribution < -0.4 is 0 Å². The van der Waals surface area contributed by atoms with Gasteiger partial charge in [0.2, 0.25) is 0 Å². The minimum absolute atomic E-state index is 0.152. The second-order valence-electron chi connectivity index (χ2n) is 9.05. The van der Waals surface area contributed by atoms with Gasteiger partial charge in [-0.2, -0.15) is 5.10 Å². The van der Waals surface area contributed by atoms with Crippen LogP contribution in [0.3, 0.4) is 0 Å². The molecule has 4 heteroatoms. The Labute approximate surface area is 187 Å². The van der Waals surface area contributed by atoms with Gasteiger partial charge in [-0.15, -0.1) is 0 Å². The number of benzene rings is 2. The van der Waals surface area contributed by atoms with Crippen molar-refractivity contribution in [3.05, 3.63) is 94.4 Å². The highest BCUT2D eigenvalue weighted by Crippen LogP contribution is 2.55. The fourth-order valence-corrected chi connectivity index (χ4v) is 6.16. The van der Waals surface area contributed by atoms with Crippen LogP contribution in [-0.4, -0.2) is 9.78 Å². The zero-order valence-electron chi connectivity index (χ0n) is 18.1. The summed E-state index contributed by atoms with van der Waals surface area (Å²) in [7, 11) is 0. The Hall–Kier alpha value is -2.59. The summed E-state index contributed by atoms with van der Waals surface area (Å²) in [4.78, 5) is 2.55. The minimum atomic E-state index is -0.224. The molecule has 3 aromatic rings. The Kier molecular flexibility index (Phi) is 5.13. The average Bonchev–Trinajstić information content (AvgIpc) is 3.29. The van der Waals surface area contributed by atoms with Gasteiger partial charge >= 0.3 is 0 Å². The number of aryl methyl sites for hydroxylation is 1. The Morgan fingerprint density at radius 3 is 2.77 bits per heavy atom. The molecule has 1 saturated carbocycles. The molecular formula is C27H27FN2S. The number of aromatic nitrogens is 2. The molecule has 2 aliphatic carbocycles. The van der Waals surface area contributed by atoms with Crippen LogP contribution in [0.2, 0.25) is 0 Å². The summed E-state index contributed by atoms with van der Waals surface area (Å²) in [6.07, 6.45) is 8.69. The van der Waals surface area contributed by atoms with Crippen LogP contribution in [0.1, 0.15) is 43.0 Å². The van der Waals surface area contributed by atoms with Crippen molar-refractivity contribution in [2.24, 2.45) is 11.3 Å². The third-order valence-corrected chi connectivity index (χ3v) is 8.18. The smallest absolute Gasteiger partial charge is 0.123 e. The molecule has 2 aromatic carbocycles. The molecule has 0 spiro atoms. The third kappa shape index (κ3) is 3.67. The minimum Gasteiger partial charge on any atom is -0.233 e. The van der Waals surface area contributed by atoms with E-state index in [1.165, 1.54) is 45.1 Å². The normalized spacial score (nSPS) is 22.0. The topological polar surface area (TPSA) is 17.8 Å². The predicted octanol–water partition coefficient (Wildman–Crippen LogP) is 7.37. The van der Waals surface area contributed by atoms with Gasteiger partial charge in [0.1, 0.15) is 5.82 Å². The maximum Gasteiger partial charge on any atom is 0.123 e. The molecule has 2 unspecified atom stereocenters. The van der Waals surface area contributed by atoms with E-state index in [0.29, 0.717) is 5.92 Å². The molecule has 0 saturated heterocycles. The van der Waals surface area contributed by atoms with Crippen molar-refractivity contribution in [1.82, 2.24) is 9.78 Å². The predicted molar refractivity (Wildman–Crippen MR) is 127 cm³/mol. The third-order valence-electron chi connectivity index (χ3n) is 7.04. The largest absolute Gasteiger partial charge is 0.233 e. The summed E-state index contributed by atoms with van der Waals surface area (Å²) in [5.74, 6) is 0.364. The van der Waals surface area contributed by atoms with Gasteiger partial charge in [-0.1, -0.05) is 49.0 Å². The van der Waals surface area contributed by atoms with Crippen molar-refractivity contribution in [3.63, 3.8) is 0 Å². The molecule has 31 heavy (non-hydrogen) atoms. The average molecular weight is 431 g/mol. The molecule has 0 amide bonds. The van der Waals surface area contributed by atoms with Crippen LogP contribution in [0, 0.1) is 24.1 Å². The zero-order chi connectivity index (χ0) is 21.6. The number of allylic oxidation sites excluding steroid dienone is 2. The van der Waals surface area contributed by atoms with Crippen LogP contribution in [0.4, 0.5) is 4.39 Å². The molecule has 2 aliphatic rings. The van der Waals surface area contributed by atoms with E-state index in [9.17, 15) is 4.39 Å². The van der Waals surface area contributed by atoms with Crippen LogP contribution in [-0.2, 0) is 6.42 Å². The van der Waals surface area contributed by atoms with E-state index >= 15 is 0 Å². The van der Waals surface area contributed by atoms with Gasteiger partial charge in [-0.25, -0.2) is 9.07 Å². The van der Waals surface area contributed by atoms with Crippen LogP contribution >= 0.6 is 11.8 Å². The van der Waals surface area contributed by atoms with Crippen molar-refractivity contribution in [2.45, 2.75) is 44.4 Å². The van der Waals surface area contributed by atoms with Crippen LogP contribution in [0.15, 0.2) is 76.7 Å². The van der Waals surface area contributed by atoms with E-state index in [1.807, 2.05) is 22.6 Å². The fourth-order valence-electron chi connectivity index (χ4n) is 5.19. The van der Waals surface area contributed by atoms with Crippen molar-refractivity contribution in [3.8, 4) is 5.69 Å². The summed E-state index contributed by atoms with van der Waals surface area (Å²) in [5, 5.41) is 4.64. The SMILES string of the molecule is C=C(CC1CCC2=Cc3c(cnn3-c3ccc(F)cc3)CC21C)Sc1ccccc1C. The number of halogens is 1. The van der Waals surface area contributed by atoms with Crippen molar-refractivity contribution in [1.29, 1.82) is 0 Å². The summed E-state index contributed by atoms with van der Waals surface area (Å²) in [6, 6.07) is 15.1. The molecule has 1 aromatic heterocycles. The van der Waals surface area contributed by atoms with E-state index in [4.69, 9.17) is 0 Å². The lowest BCUT2D eigenvalue weighted by molar-refractivity contribution is 0.272. The van der Waals surface area contributed by atoms with E-state index in [2.05, 4.69) is 55.9 Å². The lowest BCUT2D eigenvalue weighted by Crippen LogP contribution is -2.29. The van der Waals surface area contributed by atoms with E-state index in [0.717, 1.165) is 30.6 Å². The molecular weight excluding hydrogens is 403 g/mol. The highest BCUT2D eigenvalue weighted by atomic mass is 32.2. The number of hydrogen-bond donors (Lipinski definition) is 0. The summed E-state index contributed by atoms with van der Waals surface area (Å²) >= 11 is 1.82. The molecule has 0 bridgehead atoms. The molecule has 0 N–H and O–H groups in total. The number of hydrogen-bond acceptors (Lipinski definition) is 2. The van der Waals surface area contributed by atoms with E-state index in [1.54, 1.807) is 12.1 Å². The first kappa shape index (κ1) is 20.3. The lowest BCUT2D eigenvalue weighted by atomic mass is 9.69. The summed E-state index contributed by atoms with van der Waals surface area (Å²) in [5.41, 5.74) is 6.30. The highest BCUT2D eigenvalue weighted by Gasteiger charge is 2.45. The van der Waals surface area contributed by atoms with Crippen LogP contribution in [0.25, 0.3) is 11.8 Å². The maximum absolute atomic E-state index is 13.4. The lowest BCUT2D eigenvalue weighted by Gasteiger charge is -2.36. The van der Waals surface area contributed by atoms with Gasteiger partial charge in [-0.05, 0) is 96.4 Å². The Bertz CT molecular complexity index is 1170. The van der Waals surface area contributed by atoms with E-state index < -0.39 is 0 Å². The number of fused-ring (bicyclic) bond motifs is 2. The van der Waals surface area contributed by atoms with Crippen molar-refractivity contribution in [2.75, 3.05) is 0 Å². The standard InChI is InChI=1S/C27H27FN2S/c1-18-6-4-5-7-26(18)31-19(2)14-21-8-9-22-15-25-20(16-27(21,22)3)17-29-30(25)24-12-10-23(28)11-13-24/h4-7,10-13,15,17,21H,2,8-9,14,16H2,1,3H3. The second kappa shape index (κ2) is 7.83. The Morgan fingerprint density at radius 2 is 2.00 bits per heavy atom. The van der Waals surface area contributed by atoms with Gasteiger partial charge in [0.25, 0.3) is 0 Å². The maximum atomic E-state index is 13.4. The number of thioether (sulfide) groups is 1. The molecule has 5 rings (SSSR count). The zero-order valence-corrected chi connectivity index (χ0v) is 18.9. The van der Waals surface area contributed by atoms with Crippen molar-refractivity contribution < 1.29 is 4.39 Å². The van der Waals surface area contributed by atoms with Gasteiger partial charge < -0.3 is 0 Å². The van der Waals surface area contributed by atoms with Gasteiger partial charge in [0.15, 0.2) is 0 Å². The fraction of sp³-hybridized carbons (Fsp3) is 0.296. The van der Waals surface area contributed by atoms with Gasteiger partial charge in [-0.3, -0.25) is 0 Å². The molecule has 2 nitrogen and oxygen atoms in total. The first-order valence-electron chi connectivity index (χ1n) is 10.9. The van der Waals surface area contributed by atoms with Crippen molar-refractivity contribution >= 4 is 17.8 Å². The highest BCUT2D eigenvalue weighted by molar-refractivity contribution is 8.03. The number of rotatable bonds is 5. The Morgan fingerprint density at radius 1 is 1.23 bits per heavy atom.